The quantitative estimate of drug-likeness (QED) is 0.808. The lowest BCUT2D eigenvalue weighted by atomic mass is 10.2. The van der Waals surface area contributed by atoms with Crippen molar-refractivity contribution in [3.63, 3.8) is 0 Å². The zero-order valence-corrected chi connectivity index (χ0v) is 13.7. The average molecular weight is 317 g/mol. The summed E-state index contributed by atoms with van der Waals surface area (Å²) in [5.74, 6) is 0.0431. The maximum absolute atomic E-state index is 12.6. The van der Waals surface area contributed by atoms with E-state index in [1.165, 1.54) is 10.5 Å². The molecular formula is C17H23N3O3. The molecule has 6 heteroatoms. The number of hydrogen-bond acceptors (Lipinski definition) is 4. The molecule has 0 spiro atoms. The maximum Gasteiger partial charge on any atom is 0.252 e. The van der Waals surface area contributed by atoms with Crippen molar-refractivity contribution in [2.75, 3.05) is 51.8 Å². The molecule has 6 nitrogen and oxygen atoms in total. The molecule has 23 heavy (non-hydrogen) atoms. The van der Waals surface area contributed by atoms with Gasteiger partial charge in [-0.05, 0) is 18.1 Å². The van der Waals surface area contributed by atoms with Gasteiger partial charge in [-0.3, -0.25) is 14.5 Å². The van der Waals surface area contributed by atoms with Gasteiger partial charge in [-0.15, -0.1) is 0 Å². The molecule has 0 saturated carbocycles. The van der Waals surface area contributed by atoms with Gasteiger partial charge in [-0.25, -0.2) is 0 Å². The van der Waals surface area contributed by atoms with Crippen LogP contribution >= 0.6 is 0 Å². The summed E-state index contributed by atoms with van der Waals surface area (Å²) < 4.78 is 5.54. The fourth-order valence-electron chi connectivity index (χ4n) is 3.16. The number of nitrogens with zero attached hydrogens (tertiary/aromatic N) is 3. The number of benzene rings is 1. The Labute approximate surface area is 136 Å². The van der Waals surface area contributed by atoms with E-state index < -0.39 is 6.10 Å². The normalized spacial score (nSPS) is 21.1. The van der Waals surface area contributed by atoms with Gasteiger partial charge in [0, 0.05) is 39.4 Å². The van der Waals surface area contributed by atoms with Crippen LogP contribution in [-0.2, 0) is 20.7 Å². The Morgan fingerprint density at radius 3 is 2.83 bits per heavy atom. The van der Waals surface area contributed by atoms with E-state index in [0.29, 0.717) is 26.2 Å². The van der Waals surface area contributed by atoms with Crippen molar-refractivity contribution >= 4 is 17.5 Å². The van der Waals surface area contributed by atoms with Gasteiger partial charge in [0.25, 0.3) is 5.91 Å². The van der Waals surface area contributed by atoms with Gasteiger partial charge in [-0.1, -0.05) is 18.2 Å². The summed E-state index contributed by atoms with van der Waals surface area (Å²) in [5, 5.41) is 0. The zero-order valence-electron chi connectivity index (χ0n) is 13.7. The zero-order chi connectivity index (χ0) is 16.4. The number of hydrogen-bond donors (Lipinski definition) is 0. The topological polar surface area (TPSA) is 53.1 Å². The molecule has 0 N–H and O–H groups in total. The van der Waals surface area contributed by atoms with Crippen LogP contribution in [0.2, 0.25) is 0 Å². The highest BCUT2D eigenvalue weighted by Crippen LogP contribution is 2.27. The summed E-state index contributed by atoms with van der Waals surface area (Å²) in [6.07, 6.45) is 0.435. The van der Waals surface area contributed by atoms with Gasteiger partial charge >= 0.3 is 0 Å². The van der Waals surface area contributed by atoms with Crippen LogP contribution in [0.4, 0.5) is 5.69 Å². The third-order valence-electron chi connectivity index (χ3n) is 4.41. The van der Waals surface area contributed by atoms with Crippen molar-refractivity contribution in [1.82, 2.24) is 9.80 Å². The first-order valence-corrected chi connectivity index (χ1v) is 7.99. The van der Waals surface area contributed by atoms with Crippen LogP contribution in [0.5, 0.6) is 0 Å². The van der Waals surface area contributed by atoms with Crippen LogP contribution < -0.4 is 4.90 Å². The number of para-hydroxylation sites is 1. The molecule has 1 saturated heterocycles. The van der Waals surface area contributed by atoms with Gasteiger partial charge in [0.05, 0.1) is 13.2 Å². The Bertz CT molecular complexity index is 603. The van der Waals surface area contributed by atoms with E-state index in [1.807, 2.05) is 28.0 Å². The third kappa shape index (κ3) is 3.38. The van der Waals surface area contributed by atoms with E-state index in [1.54, 1.807) is 14.1 Å². The summed E-state index contributed by atoms with van der Waals surface area (Å²) in [5.41, 5.74) is 2.25. The van der Waals surface area contributed by atoms with Crippen LogP contribution in [0.15, 0.2) is 24.3 Å². The molecule has 0 aromatic heterocycles. The number of carbonyl (C=O) groups is 2. The van der Waals surface area contributed by atoms with E-state index >= 15 is 0 Å². The molecular weight excluding hydrogens is 294 g/mol. The minimum atomic E-state index is -0.475. The van der Waals surface area contributed by atoms with E-state index in [9.17, 15) is 9.59 Å². The lowest BCUT2D eigenvalue weighted by molar-refractivity contribution is -0.147. The minimum absolute atomic E-state index is 0.0475. The largest absolute Gasteiger partial charge is 0.366 e. The molecule has 2 amide bonds. The highest BCUT2D eigenvalue weighted by atomic mass is 16.5. The van der Waals surface area contributed by atoms with Crippen molar-refractivity contribution in [3.8, 4) is 0 Å². The Balaban J connectivity index is 1.61. The second-order valence-corrected chi connectivity index (χ2v) is 6.25. The van der Waals surface area contributed by atoms with Crippen molar-refractivity contribution < 1.29 is 14.3 Å². The lowest BCUT2D eigenvalue weighted by Gasteiger charge is -2.33. The molecule has 124 valence electrons. The number of carbonyl (C=O) groups excluding carboxylic acids is 2. The van der Waals surface area contributed by atoms with E-state index in [4.69, 9.17) is 4.74 Å². The molecule has 1 fully saturated rings. The first-order valence-electron chi connectivity index (χ1n) is 7.99. The minimum Gasteiger partial charge on any atom is -0.366 e. The number of likely N-dealkylation sites (N-methyl/N-ethyl adjacent to an activating group) is 1. The second-order valence-electron chi connectivity index (χ2n) is 6.25. The van der Waals surface area contributed by atoms with E-state index in [-0.39, 0.29) is 11.8 Å². The number of amides is 2. The molecule has 2 heterocycles. The number of anilines is 1. The van der Waals surface area contributed by atoms with Gasteiger partial charge in [-0.2, -0.15) is 0 Å². The maximum atomic E-state index is 12.6. The van der Waals surface area contributed by atoms with E-state index in [0.717, 1.165) is 18.7 Å². The Kier molecular flexibility index (Phi) is 4.63. The summed E-state index contributed by atoms with van der Waals surface area (Å²) in [4.78, 5) is 30.1. The predicted molar refractivity (Wildman–Crippen MR) is 87.4 cm³/mol. The molecule has 3 rings (SSSR count). The fraction of sp³-hybridized carbons (Fsp3) is 0.529. The molecule has 1 unspecified atom stereocenters. The van der Waals surface area contributed by atoms with Crippen LogP contribution in [0, 0.1) is 0 Å². The Hall–Kier alpha value is -1.92. The molecule has 1 aromatic carbocycles. The third-order valence-corrected chi connectivity index (χ3v) is 4.41. The average Bonchev–Trinajstić information content (AvgIpc) is 2.98. The molecule has 1 aromatic rings. The van der Waals surface area contributed by atoms with Gasteiger partial charge < -0.3 is 14.5 Å². The first-order chi connectivity index (χ1) is 11.1. The van der Waals surface area contributed by atoms with E-state index in [2.05, 4.69) is 6.07 Å². The molecule has 0 bridgehead atoms. The SMILES string of the molecule is CN(C)C(=O)C1CN(CC(=O)N2CCc3ccccc32)CCO1. The Morgan fingerprint density at radius 1 is 1.26 bits per heavy atom. The van der Waals surface area contributed by atoms with Crippen molar-refractivity contribution in [1.29, 1.82) is 0 Å². The fourth-order valence-corrected chi connectivity index (χ4v) is 3.16. The molecule has 1 atom stereocenters. The van der Waals surface area contributed by atoms with Gasteiger partial charge in [0.15, 0.2) is 0 Å². The number of morpholine rings is 1. The molecule has 0 radical (unpaired) electrons. The highest BCUT2D eigenvalue weighted by Gasteiger charge is 2.31. The van der Waals surface area contributed by atoms with Crippen molar-refractivity contribution in [2.24, 2.45) is 0 Å². The van der Waals surface area contributed by atoms with Crippen LogP contribution in [0.1, 0.15) is 5.56 Å². The number of ether oxygens (including phenoxy) is 1. The van der Waals surface area contributed by atoms with Crippen molar-refractivity contribution in [3.05, 3.63) is 29.8 Å². The number of fused-ring (bicyclic) bond motifs is 1. The summed E-state index contributed by atoms with van der Waals surface area (Å²) >= 11 is 0. The lowest BCUT2D eigenvalue weighted by Crippen LogP contribution is -2.52. The second kappa shape index (κ2) is 6.68. The standard InChI is InChI=1S/C17H23N3O3/c1-18(2)17(22)15-11-19(9-10-23-15)12-16(21)20-8-7-13-5-3-4-6-14(13)20/h3-6,15H,7-12H2,1-2H3. The number of rotatable bonds is 3. The molecule has 0 aliphatic carbocycles. The smallest absolute Gasteiger partial charge is 0.252 e. The van der Waals surface area contributed by atoms with Crippen LogP contribution in [0.3, 0.4) is 0 Å². The van der Waals surface area contributed by atoms with Crippen LogP contribution in [0.25, 0.3) is 0 Å². The van der Waals surface area contributed by atoms with Gasteiger partial charge in [0.2, 0.25) is 5.91 Å². The summed E-state index contributed by atoms with van der Waals surface area (Å²) in [6, 6.07) is 8.04. The Morgan fingerprint density at radius 2 is 2.04 bits per heavy atom. The monoisotopic (exact) mass is 317 g/mol. The van der Waals surface area contributed by atoms with Gasteiger partial charge in [0.1, 0.15) is 6.10 Å². The summed E-state index contributed by atoms with van der Waals surface area (Å²) in [7, 11) is 3.44. The molecule has 2 aliphatic heterocycles. The predicted octanol–water partition coefficient (Wildman–Crippen LogP) is 0.365. The highest BCUT2D eigenvalue weighted by molar-refractivity contribution is 5.96. The molecule has 2 aliphatic rings. The van der Waals surface area contributed by atoms with Crippen LogP contribution in [-0.4, -0.2) is 74.6 Å². The first kappa shape index (κ1) is 16.0. The summed E-state index contributed by atoms with van der Waals surface area (Å²) in [6.45, 7) is 2.70. The van der Waals surface area contributed by atoms with Crippen molar-refractivity contribution in [2.45, 2.75) is 12.5 Å².